The lowest BCUT2D eigenvalue weighted by Crippen LogP contribution is -2.31. The fourth-order valence-electron chi connectivity index (χ4n) is 3.24. The number of carbonyl (C=O) groups is 2. The van der Waals surface area contributed by atoms with Crippen LogP contribution in [0.4, 0.5) is 5.82 Å². The Kier molecular flexibility index (Phi) is 7.80. The molecule has 0 aliphatic heterocycles. The van der Waals surface area contributed by atoms with Gasteiger partial charge in [-0.2, -0.15) is 5.10 Å². The molecule has 166 valence electrons. The molecule has 1 heterocycles. The van der Waals surface area contributed by atoms with Crippen molar-refractivity contribution in [1.29, 1.82) is 0 Å². The lowest BCUT2D eigenvalue weighted by molar-refractivity contribution is -0.111. The third-order valence-corrected chi connectivity index (χ3v) is 4.91. The van der Waals surface area contributed by atoms with E-state index in [-0.39, 0.29) is 11.8 Å². The Labute approximate surface area is 188 Å². The van der Waals surface area contributed by atoms with Gasteiger partial charge in [-0.1, -0.05) is 30.3 Å². The molecule has 0 bridgehead atoms. The summed E-state index contributed by atoms with van der Waals surface area (Å²) in [6, 6.07) is 16.8. The van der Waals surface area contributed by atoms with Crippen molar-refractivity contribution in [3.63, 3.8) is 0 Å². The topological polar surface area (TPSA) is 76.5 Å². The summed E-state index contributed by atoms with van der Waals surface area (Å²) in [5, 5.41) is 7.22. The van der Waals surface area contributed by atoms with Crippen molar-refractivity contribution in [3.05, 3.63) is 78.0 Å². The average molecular weight is 433 g/mol. The van der Waals surface area contributed by atoms with Crippen LogP contribution in [0, 0.1) is 0 Å². The van der Waals surface area contributed by atoms with Gasteiger partial charge in [-0.15, -0.1) is 0 Å². The van der Waals surface area contributed by atoms with Crippen LogP contribution in [0.2, 0.25) is 0 Å². The van der Waals surface area contributed by atoms with Crippen LogP contribution in [0.5, 0.6) is 5.75 Å². The summed E-state index contributed by atoms with van der Waals surface area (Å²) >= 11 is 0. The number of para-hydroxylation sites is 1. The first kappa shape index (κ1) is 22.8. The summed E-state index contributed by atoms with van der Waals surface area (Å²) in [7, 11) is 0. The number of nitrogens with zero attached hydrogens (tertiary/aromatic N) is 3. The minimum absolute atomic E-state index is 0.178. The molecular formula is C25H28N4O3. The number of aromatic nitrogens is 2. The van der Waals surface area contributed by atoms with E-state index in [0.29, 0.717) is 31.1 Å². The molecule has 1 N–H and O–H groups in total. The molecule has 0 spiro atoms. The highest BCUT2D eigenvalue weighted by molar-refractivity contribution is 6.07. The van der Waals surface area contributed by atoms with Gasteiger partial charge < -0.3 is 15.0 Å². The number of amides is 2. The van der Waals surface area contributed by atoms with Gasteiger partial charge in [0.25, 0.3) is 5.91 Å². The third kappa shape index (κ3) is 5.43. The molecule has 0 fully saturated rings. The van der Waals surface area contributed by atoms with E-state index in [2.05, 4.69) is 10.4 Å². The molecule has 7 nitrogen and oxygen atoms in total. The number of hydrogen-bond donors (Lipinski definition) is 1. The third-order valence-electron chi connectivity index (χ3n) is 4.91. The number of hydrogen-bond acceptors (Lipinski definition) is 4. The summed E-state index contributed by atoms with van der Waals surface area (Å²) in [6.07, 6.45) is 4.64. The van der Waals surface area contributed by atoms with Gasteiger partial charge in [0, 0.05) is 19.2 Å². The number of benzene rings is 2. The molecule has 0 aliphatic rings. The number of anilines is 1. The van der Waals surface area contributed by atoms with E-state index >= 15 is 0 Å². The second kappa shape index (κ2) is 10.9. The molecule has 3 rings (SSSR count). The van der Waals surface area contributed by atoms with Gasteiger partial charge in [0.2, 0.25) is 5.91 Å². The highest BCUT2D eigenvalue weighted by Gasteiger charge is 2.23. The van der Waals surface area contributed by atoms with Crippen molar-refractivity contribution in [2.75, 3.05) is 25.0 Å². The second-order valence-electron chi connectivity index (χ2n) is 6.96. The minimum atomic E-state index is -0.356. The Morgan fingerprint density at radius 1 is 1.03 bits per heavy atom. The molecule has 2 aromatic carbocycles. The van der Waals surface area contributed by atoms with E-state index in [1.54, 1.807) is 15.7 Å². The van der Waals surface area contributed by atoms with Crippen LogP contribution in [0.3, 0.4) is 0 Å². The van der Waals surface area contributed by atoms with E-state index in [1.807, 2.05) is 75.4 Å². The molecule has 0 saturated heterocycles. The fourth-order valence-corrected chi connectivity index (χ4v) is 3.24. The van der Waals surface area contributed by atoms with Gasteiger partial charge in [-0.25, -0.2) is 4.68 Å². The van der Waals surface area contributed by atoms with Crippen LogP contribution in [0.1, 0.15) is 36.7 Å². The van der Waals surface area contributed by atoms with E-state index in [9.17, 15) is 9.59 Å². The first-order valence-corrected chi connectivity index (χ1v) is 10.7. The Hall–Kier alpha value is -3.87. The molecule has 0 saturated carbocycles. The van der Waals surface area contributed by atoms with E-state index < -0.39 is 0 Å². The molecule has 32 heavy (non-hydrogen) atoms. The molecule has 1 aromatic heterocycles. The molecule has 3 aromatic rings. The van der Waals surface area contributed by atoms with E-state index in [1.165, 1.54) is 12.3 Å². The van der Waals surface area contributed by atoms with Gasteiger partial charge >= 0.3 is 0 Å². The van der Waals surface area contributed by atoms with Gasteiger partial charge in [0.05, 0.1) is 18.5 Å². The van der Waals surface area contributed by atoms with Gasteiger partial charge in [0.15, 0.2) is 0 Å². The van der Waals surface area contributed by atoms with Gasteiger partial charge in [-0.05, 0) is 56.7 Å². The number of carbonyl (C=O) groups excluding carboxylic acids is 2. The van der Waals surface area contributed by atoms with Crippen LogP contribution in [0.25, 0.3) is 11.8 Å². The van der Waals surface area contributed by atoms with Crippen molar-refractivity contribution in [3.8, 4) is 11.4 Å². The highest BCUT2D eigenvalue weighted by Crippen LogP contribution is 2.22. The fraction of sp³-hybridized carbons (Fsp3) is 0.240. The maximum atomic E-state index is 13.0. The highest BCUT2D eigenvalue weighted by atomic mass is 16.5. The van der Waals surface area contributed by atoms with Crippen molar-refractivity contribution >= 4 is 23.7 Å². The summed E-state index contributed by atoms with van der Waals surface area (Å²) in [4.78, 5) is 27.4. The Morgan fingerprint density at radius 2 is 1.72 bits per heavy atom. The lowest BCUT2D eigenvalue weighted by Gasteiger charge is -2.19. The number of nitrogens with one attached hydrogen (secondary N) is 1. The van der Waals surface area contributed by atoms with E-state index in [4.69, 9.17) is 4.74 Å². The molecule has 0 radical (unpaired) electrons. The van der Waals surface area contributed by atoms with Crippen molar-refractivity contribution in [1.82, 2.24) is 14.7 Å². The number of rotatable bonds is 9. The molecule has 0 aliphatic carbocycles. The maximum Gasteiger partial charge on any atom is 0.259 e. The van der Waals surface area contributed by atoms with Gasteiger partial charge in [-0.3, -0.25) is 9.59 Å². The zero-order valence-electron chi connectivity index (χ0n) is 18.6. The smallest absolute Gasteiger partial charge is 0.259 e. The zero-order valence-corrected chi connectivity index (χ0v) is 18.6. The van der Waals surface area contributed by atoms with Crippen LogP contribution < -0.4 is 10.1 Å². The van der Waals surface area contributed by atoms with Crippen molar-refractivity contribution in [2.45, 2.75) is 20.8 Å². The summed E-state index contributed by atoms with van der Waals surface area (Å²) < 4.78 is 7.00. The van der Waals surface area contributed by atoms with Crippen molar-refractivity contribution < 1.29 is 14.3 Å². The molecule has 0 atom stereocenters. The average Bonchev–Trinajstić information content (AvgIpc) is 3.23. The minimum Gasteiger partial charge on any atom is -0.494 e. The van der Waals surface area contributed by atoms with E-state index in [0.717, 1.165) is 17.0 Å². The summed E-state index contributed by atoms with van der Waals surface area (Å²) in [5.41, 5.74) is 1.96. The van der Waals surface area contributed by atoms with Crippen LogP contribution >= 0.6 is 0 Å². The first-order valence-electron chi connectivity index (χ1n) is 10.7. The molecule has 0 unspecified atom stereocenters. The van der Waals surface area contributed by atoms with Crippen LogP contribution in [0.15, 0.2) is 66.9 Å². The Morgan fingerprint density at radius 3 is 2.34 bits per heavy atom. The predicted octanol–water partition coefficient (Wildman–Crippen LogP) is 4.40. The Balaban J connectivity index is 1.86. The quantitative estimate of drug-likeness (QED) is 0.508. The molecular weight excluding hydrogens is 404 g/mol. The SMILES string of the molecule is CCOc1ccc(/C=C/C(=O)Nc2c(C(=O)N(CC)CC)cnn2-c2ccccc2)cc1. The van der Waals surface area contributed by atoms with Gasteiger partial charge in [0.1, 0.15) is 17.1 Å². The van der Waals surface area contributed by atoms with Crippen LogP contribution in [-0.2, 0) is 4.79 Å². The predicted molar refractivity (Wildman–Crippen MR) is 126 cm³/mol. The monoisotopic (exact) mass is 432 g/mol. The zero-order chi connectivity index (χ0) is 22.9. The molecule has 7 heteroatoms. The second-order valence-corrected chi connectivity index (χ2v) is 6.96. The lowest BCUT2D eigenvalue weighted by atomic mass is 10.2. The number of ether oxygens (including phenoxy) is 1. The first-order chi connectivity index (χ1) is 15.6. The Bertz CT molecular complexity index is 1070. The van der Waals surface area contributed by atoms with Crippen molar-refractivity contribution in [2.24, 2.45) is 0 Å². The van der Waals surface area contributed by atoms with Crippen LogP contribution in [-0.4, -0.2) is 46.2 Å². The maximum absolute atomic E-state index is 13.0. The standard InChI is InChI=1S/C25H28N4O3/c1-4-28(5-2)25(31)22-18-26-29(20-10-8-7-9-11-20)24(22)27-23(30)17-14-19-12-15-21(16-13-19)32-6-3/h7-18H,4-6H2,1-3H3,(H,27,30)/b17-14+. The molecule has 2 amide bonds. The summed E-state index contributed by atoms with van der Waals surface area (Å²) in [5.74, 6) is 0.586. The summed E-state index contributed by atoms with van der Waals surface area (Å²) in [6.45, 7) is 7.49. The normalized spacial score (nSPS) is 10.8. The largest absolute Gasteiger partial charge is 0.494 e.